The average Bonchev–Trinajstić information content (AvgIpc) is 3.45. The van der Waals surface area contributed by atoms with E-state index in [-0.39, 0.29) is 30.6 Å². The second-order valence-electron chi connectivity index (χ2n) is 7.76. The zero-order valence-corrected chi connectivity index (χ0v) is 16.7. The van der Waals surface area contributed by atoms with Crippen LogP contribution in [0.4, 0.5) is 0 Å². The van der Waals surface area contributed by atoms with Crippen molar-refractivity contribution < 1.29 is 9.32 Å². The van der Waals surface area contributed by atoms with E-state index in [1.165, 1.54) is 10.9 Å². The predicted octanol–water partition coefficient (Wildman–Crippen LogP) is 2.15. The van der Waals surface area contributed by atoms with Crippen LogP contribution in [0.25, 0.3) is 21.9 Å². The first-order valence-electron chi connectivity index (χ1n) is 10.1. The van der Waals surface area contributed by atoms with Gasteiger partial charge in [0.2, 0.25) is 11.8 Å². The van der Waals surface area contributed by atoms with Gasteiger partial charge >= 0.3 is 0 Å². The number of rotatable bonds is 5. The molecule has 9 heteroatoms. The lowest BCUT2D eigenvalue weighted by Gasteiger charge is -2.13. The van der Waals surface area contributed by atoms with Crippen LogP contribution >= 0.6 is 0 Å². The minimum atomic E-state index is -0.249. The molecular weight excluding hydrogens is 384 g/mol. The van der Waals surface area contributed by atoms with Gasteiger partial charge in [0.25, 0.3) is 5.56 Å². The zero-order chi connectivity index (χ0) is 20.7. The fourth-order valence-corrected chi connectivity index (χ4v) is 4.26. The fraction of sp³-hybridized carbons (Fsp3) is 0.381. The van der Waals surface area contributed by atoms with Gasteiger partial charge in [0.05, 0.1) is 11.8 Å². The molecule has 1 aromatic carbocycles. The monoisotopic (exact) mass is 406 g/mol. The van der Waals surface area contributed by atoms with Crippen LogP contribution in [0.3, 0.4) is 0 Å². The van der Waals surface area contributed by atoms with Gasteiger partial charge in [0.1, 0.15) is 24.1 Å². The molecular formula is C21H22N6O3. The van der Waals surface area contributed by atoms with Crippen LogP contribution in [-0.4, -0.2) is 36.2 Å². The number of hydrogen-bond donors (Lipinski definition) is 1. The van der Waals surface area contributed by atoms with Crippen LogP contribution in [0.5, 0.6) is 0 Å². The van der Waals surface area contributed by atoms with Gasteiger partial charge in [-0.25, -0.2) is 4.98 Å². The van der Waals surface area contributed by atoms with Crippen molar-refractivity contribution in [3.05, 3.63) is 52.7 Å². The summed E-state index contributed by atoms with van der Waals surface area (Å²) in [6.45, 7) is 1.91. The van der Waals surface area contributed by atoms with Gasteiger partial charge in [-0.15, -0.1) is 0 Å². The summed E-state index contributed by atoms with van der Waals surface area (Å²) in [6.07, 6.45) is 5.79. The highest BCUT2D eigenvalue weighted by atomic mass is 16.5. The molecule has 1 amide bonds. The maximum absolute atomic E-state index is 13.3. The summed E-state index contributed by atoms with van der Waals surface area (Å²) < 4.78 is 8.34. The van der Waals surface area contributed by atoms with E-state index in [0.717, 1.165) is 36.6 Å². The molecule has 0 aliphatic heterocycles. The minimum Gasteiger partial charge on any atom is -0.352 e. The van der Waals surface area contributed by atoms with Gasteiger partial charge in [-0.1, -0.05) is 36.2 Å². The second-order valence-corrected chi connectivity index (χ2v) is 7.76. The summed E-state index contributed by atoms with van der Waals surface area (Å²) in [5, 5.41) is 7.71. The van der Waals surface area contributed by atoms with E-state index in [1.54, 1.807) is 11.5 Å². The van der Waals surface area contributed by atoms with Crippen molar-refractivity contribution in [1.82, 2.24) is 29.6 Å². The number of amides is 1. The van der Waals surface area contributed by atoms with E-state index in [4.69, 9.17) is 4.52 Å². The summed E-state index contributed by atoms with van der Waals surface area (Å²) in [6, 6.07) is 7.85. The first kappa shape index (κ1) is 18.5. The minimum absolute atomic E-state index is 0.0705. The van der Waals surface area contributed by atoms with Crippen molar-refractivity contribution in [3.8, 4) is 0 Å². The van der Waals surface area contributed by atoms with E-state index in [2.05, 4.69) is 20.4 Å². The Morgan fingerprint density at radius 1 is 1.27 bits per heavy atom. The molecule has 5 rings (SSSR count). The van der Waals surface area contributed by atoms with Gasteiger partial charge in [-0.2, -0.15) is 4.98 Å². The first-order chi connectivity index (χ1) is 14.6. The summed E-state index contributed by atoms with van der Waals surface area (Å²) in [4.78, 5) is 34.8. The molecule has 0 spiro atoms. The molecule has 1 aliphatic carbocycles. The molecule has 0 saturated heterocycles. The zero-order valence-electron chi connectivity index (χ0n) is 16.7. The number of aromatic nitrogens is 5. The number of carbonyl (C=O) groups is 1. The smallest absolute Gasteiger partial charge is 0.278 e. The molecule has 3 heterocycles. The second kappa shape index (κ2) is 7.40. The Bertz CT molecular complexity index is 1300. The normalized spacial score (nSPS) is 14.7. The lowest BCUT2D eigenvalue weighted by Crippen LogP contribution is -2.35. The quantitative estimate of drug-likeness (QED) is 0.544. The number of benzene rings is 1. The highest BCUT2D eigenvalue weighted by Crippen LogP contribution is 2.25. The van der Waals surface area contributed by atoms with Crippen molar-refractivity contribution in [3.63, 3.8) is 0 Å². The topological polar surface area (TPSA) is 108 Å². The van der Waals surface area contributed by atoms with Gasteiger partial charge in [-0.3, -0.25) is 14.2 Å². The highest BCUT2D eigenvalue weighted by Gasteiger charge is 2.21. The Morgan fingerprint density at radius 3 is 2.83 bits per heavy atom. The number of carbonyl (C=O) groups excluding carboxylic acids is 1. The SMILES string of the molecule is Cc1noc(Cn2cnc3c4ccccc4n(CC(=O)NC4CCCC4)c3c2=O)n1. The third kappa shape index (κ3) is 3.26. The average molecular weight is 406 g/mol. The molecule has 0 unspecified atom stereocenters. The first-order valence-corrected chi connectivity index (χ1v) is 10.1. The van der Waals surface area contributed by atoms with Crippen LogP contribution in [0.2, 0.25) is 0 Å². The molecule has 1 N–H and O–H groups in total. The maximum Gasteiger partial charge on any atom is 0.278 e. The lowest BCUT2D eigenvalue weighted by molar-refractivity contribution is -0.122. The van der Waals surface area contributed by atoms with Crippen molar-refractivity contribution in [2.24, 2.45) is 0 Å². The summed E-state index contributed by atoms with van der Waals surface area (Å²) in [5.74, 6) is 0.744. The Labute approximate surface area is 171 Å². The molecule has 1 aliphatic rings. The molecule has 3 aromatic heterocycles. The number of hydrogen-bond acceptors (Lipinski definition) is 6. The molecule has 0 atom stereocenters. The Morgan fingerprint density at radius 2 is 2.07 bits per heavy atom. The maximum atomic E-state index is 13.3. The Balaban J connectivity index is 1.58. The molecule has 4 aromatic rings. The molecule has 9 nitrogen and oxygen atoms in total. The van der Waals surface area contributed by atoms with E-state index in [1.807, 2.05) is 24.3 Å². The van der Waals surface area contributed by atoms with E-state index in [9.17, 15) is 9.59 Å². The molecule has 0 radical (unpaired) electrons. The number of nitrogens with one attached hydrogen (secondary N) is 1. The Hall–Kier alpha value is -3.49. The van der Waals surface area contributed by atoms with Crippen LogP contribution in [0.1, 0.15) is 37.4 Å². The number of aryl methyl sites for hydroxylation is 1. The van der Waals surface area contributed by atoms with Gasteiger partial charge in [0, 0.05) is 11.4 Å². The van der Waals surface area contributed by atoms with Gasteiger partial charge in [-0.05, 0) is 25.8 Å². The van der Waals surface area contributed by atoms with E-state index >= 15 is 0 Å². The summed E-state index contributed by atoms with van der Waals surface area (Å²) in [7, 11) is 0. The highest BCUT2D eigenvalue weighted by molar-refractivity contribution is 6.06. The molecule has 30 heavy (non-hydrogen) atoms. The van der Waals surface area contributed by atoms with Gasteiger partial charge < -0.3 is 14.4 Å². The van der Waals surface area contributed by atoms with Crippen molar-refractivity contribution >= 4 is 27.8 Å². The van der Waals surface area contributed by atoms with Crippen molar-refractivity contribution in [2.45, 2.75) is 51.7 Å². The number of nitrogens with zero attached hydrogens (tertiary/aromatic N) is 5. The number of para-hydroxylation sites is 1. The lowest BCUT2D eigenvalue weighted by atomic mass is 10.2. The third-order valence-corrected chi connectivity index (χ3v) is 5.63. The van der Waals surface area contributed by atoms with Crippen molar-refractivity contribution in [2.75, 3.05) is 0 Å². The van der Waals surface area contributed by atoms with Crippen LogP contribution < -0.4 is 10.9 Å². The van der Waals surface area contributed by atoms with E-state index in [0.29, 0.717) is 22.7 Å². The predicted molar refractivity (Wildman–Crippen MR) is 110 cm³/mol. The van der Waals surface area contributed by atoms with E-state index < -0.39 is 0 Å². The molecule has 154 valence electrons. The van der Waals surface area contributed by atoms with Crippen LogP contribution in [-0.2, 0) is 17.9 Å². The fourth-order valence-electron chi connectivity index (χ4n) is 4.26. The largest absolute Gasteiger partial charge is 0.352 e. The molecule has 0 bridgehead atoms. The molecule has 1 fully saturated rings. The van der Waals surface area contributed by atoms with Crippen molar-refractivity contribution in [1.29, 1.82) is 0 Å². The standard InChI is InChI=1S/C21H22N6O3/c1-13-23-18(30-25-13)11-26-12-22-19-15-8-4-5-9-16(15)27(20(19)21(26)29)10-17(28)24-14-6-2-3-7-14/h4-5,8-9,12,14H,2-3,6-7,10-11H2,1H3,(H,24,28). The van der Waals surface area contributed by atoms with Crippen LogP contribution in [0.15, 0.2) is 39.9 Å². The summed E-state index contributed by atoms with van der Waals surface area (Å²) in [5.41, 5.74) is 1.55. The van der Waals surface area contributed by atoms with Gasteiger partial charge in [0.15, 0.2) is 5.82 Å². The number of fused-ring (bicyclic) bond motifs is 3. The summed E-state index contributed by atoms with van der Waals surface area (Å²) >= 11 is 0. The third-order valence-electron chi connectivity index (χ3n) is 5.63. The van der Waals surface area contributed by atoms with Crippen LogP contribution in [0, 0.1) is 6.92 Å². The Kier molecular flexibility index (Phi) is 4.57. The molecule has 1 saturated carbocycles.